The van der Waals surface area contributed by atoms with E-state index in [1.807, 2.05) is 0 Å². The Kier molecular flexibility index (Phi) is 21.3. The number of hydrogen-bond acceptors (Lipinski definition) is 1. The van der Waals surface area contributed by atoms with E-state index in [4.69, 9.17) is 0 Å². The second kappa shape index (κ2) is 23.6. The molecule has 7 rings (SSSR count). The normalized spacial score (nSPS) is 27.3. The van der Waals surface area contributed by atoms with Gasteiger partial charge in [0, 0.05) is 40.2 Å². The quantitative estimate of drug-likeness (QED) is 0.188. The number of nitrogens with zero attached hydrogens (tertiary/aromatic N) is 1. The Bertz CT molecular complexity index is 877. The summed E-state index contributed by atoms with van der Waals surface area (Å²) in [4.78, 5) is 2.45. The molecule has 1 aromatic rings. The van der Waals surface area contributed by atoms with Gasteiger partial charge in [0.2, 0.25) is 0 Å². The molecule has 0 radical (unpaired) electrons. The predicted octanol–water partition coefficient (Wildman–Crippen LogP) is 12.9. The fourth-order valence-corrected chi connectivity index (χ4v) is 19.2. The molecule has 1 aromatic carbocycles. The van der Waals surface area contributed by atoms with Gasteiger partial charge >= 0.3 is 0 Å². The van der Waals surface area contributed by atoms with Crippen LogP contribution in [0.1, 0.15) is 174 Å². The maximum absolute atomic E-state index is 2.45. The van der Waals surface area contributed by atoms with Gasteiger partial charge in [0.05, 0.1) is 0 Å². The number of rotatable bonds is 8. The van der Waals surface area contributed by atoms with Crippen LogP contribution in [0.5, 0.6) is 0 Å². The molecular formula is C42H73Fe2NP2. The van der Waals surface area contributed by atoms with E-state index < -0.39 is 0 Å². The van der Waals surface area contributed by atoms with Gasteiger partial charge in [-0.3, -0.25) is 0 Å². The first-order valence-electron chi connectivity index (χ1n) is 20.4. The minimum absolute atomic E-state index is 0. The molecule has 0 N–H and O–H groups in total. The molecule has 6 saturated carbocycles. The van der Waals surface area contributed by atoms with Crippen molar-refractivity contribution in [3.05, 3.63) is 30.3 Å². The zero-order valence-corrected chi connectivity index (χ0v) is 34.9. The van der Waals surface area contributed by atoms with Gasteiger partial charge in [0.25, 0.3) is 0 Å². The molecule has 6 aliphatic rings. The number of benzene rings is 1. The Hall–Kier alpha value is 1.08. The fraction of sp³-hybridized carbons (Fsp3) is 0.857. The molecule has 1 nitrogen and oxygen atoms in total. The second-order valence-corrected chi connectivity index (χ2v) is 22.1. The van der Waals surface area contributed by atoms with Crippen LogP contribution in [0.3, 0.4) is 0 Å². The Morgan fingerprint density at radius 2 is 0.872 bits per heavy atom. The minimum atomic E-state index is 0. The van der Waals surface area contributed by atoms with E-state index in [1.165, 1.54) is 107 Å². The van der Waals surface area contributed by atoms with Gasteiger partial charge in [-0.15, -0.1) is 0 Å². The Labute approximate surface area is 316 Å². The molecule has 0 aliphatic heterocycles. The minimum Gasteiger partial charge on any atom is -0.306 e. The standard InChI is InChI=1S/C20H32NP.C17H31P.C5H10.2Fe/c1-16(21(2)3)19-14-9-15-20(19)22(18-12-7-8-13-18)17-10-5-4-6-11-17;1-3-9-15(10-4-1)18(17-13-7-8-14-17)16-11-5-2-6-12-16;1-2-4-5-3-1;;/h4-6,10-11,16,18-20H,7-9,12-15H2,1-3H3;15-17H,1-14H2;1-5H2;;. The van der Waals surface area contributed by atoms with Crippen molar-refractivity contribution in [1.82, 2.24) is 4.90 Å². The summed E-state index contributed by atoms with van der Waals surface area (Å²) in [5, 5.41) is 1.69. The van der Waals surface area contributed by atoms with Crippen molar-refractivity contribution >= 4 is 21.1 Å². The zero-order valence-electron chi connectivity index (χ0n) is 30.9. The molecule has 0 aromatic heterocycles. The summed E-state index contributed by atoms with van der Waals surface area (Å²) in [7, 11) is 4.95. The van der Waals surface area contributed by atoms with Crippen LogP contribution in [0.25, 0.3) is 0 Å². The molecule has 0 spiro atoms. The Morgan fingerprint density at radius 3 is 1.30 bits per heavy atom. The van der Waals surface area contributed by atoms with E-state index in [2.05, 4.69) is 56.3 Å². The van der Waals surface area contributed by atoms with E-state index >= 15 is 0 Å². The van der Waals surface area contributed by atoms with Crippen LogP contribution >= 0.6 is 15.8 Å². The molecule has 6 fully saturated rings. The summed E-state index contributed by atoms with van der Waals surface area (Å²) < 4.78 is 0. The van der Waals surface area contributed by atoms with Crippen molar-refractivity contribution in [2.24, 2.45) is 5.92 Å². The topological polar surface area (TPSA) is 3.24 Å². The van der Waals surface area contributed by atoms with Gasteiger partial charge in [0.1, 0.15) is 0 Å². The first-order valence-corrected chi connectivity index (χ1v) is 23.4. The molecular weight excluding hydrogens is 692 g/mol. The maximum Gasteiger partial charge on any atom is 0.00952 e. The van der Waals surface area contributed by atoms with Gasteiger partial charge in [-0.05, 0) is 125 Å². The molecule has 5 heteroatoms. The number of hydrogen-bond donors (Lipinski definition) is 0. The first kappa shape index (κ1) is 42.5. The SMILES string of the molecule is C1CCC(P(C2CCCCC2)C2CCCC2)CC1.C1CCCC1.CC(C1CCCC1P(c1ccccc1)C1CCCC1)N(C)C.[Fe].[Fe]. The Balaban J connectivity index is 0.000000217. The van der Waals surface area contributed by atoms with E-state index in [0.29, 0.717) is 7.92 Å². The molecule has 4 unspecified atom stereocenters. The van der Waals surface area contributed by atoms with Gasteiger partial charge in [0.15, 0.2) is 0 Å². The first-order chi connectivity index (χ1) is 22.1. The van der Waals surface area contributed by atoms with Crippen molar-refractivity contribution in [1.29, 1.82) is 0 Å². The molecule has 272 valence electrons. The smallest absolute Gasteiger partial charge is 0.00952 e. The fourth-order valence-electron chi connectivity index (χ4n) is 10.5. The van der Waals surface area contributed by atoms with Crippen LogP contribution in [0.15, 0.2) is 30.3 Å². The summed E-state index contributed by atoms with van der Waals surface area (Å²) >= 11 is 0. The molecule has 47 heavy (non-hydrogen) atoms. The molecule has 0 saturated heterocycles. The van der Waals surface area contributed by atoms with Crippen LogP contribution in [-0.2, 0) is 34.1 Å². The summed E-state index contributed by atoms with van der Waals surface area (Å²) in [6.07, 6.45) is 39.9. The van der Waals surface area contributed by atoms with Crippen LogP contribution in [-0.4, -0.2) is 53.3 Å². The summed E-state index contributed by atoms with van der Waals surface area (Å²) in [6.45, 7) is 2.45. The van der Waals surface area contributed by atoms with Gasteiger partial charge in [-0.1, -0.05) is 149 Å². The van der Waals surface area contributed by atoms with Crippen molar-refractivity contribution in [2.45, 2.75) is 208 Å². The van der Waals surface area contributed by atoms with Crippen molar-refractivity contribution in [2.75, 3.05) is 14.1 Å². The third kappa shape index (κ3) is 12.9. The van der Waals surface area contributed by atoms with E-state index in [0.717, 1.165) is 23.3 Å². The summed E-state index contributed by atoms with van der Waals surface area (Å²) in [6, 6.07) is 12.3. The van der Waals surface area contributed by atoms with Crippen LogP contribution in [0.4, 0.5) is 0 Å². The van der Waals surface area contributed by atoms with Gasteiger partial charge in [-0.2, -0.15) is 0 Å². The summed E-state index contributed by atoms with van der Waals surface area (Å²) in [5.41, 5.74) is 5.54. The average Bonchev–Trinajstić information content (AvgIpc) is 3.93. The Morgan fingerprint density at radius 1 is 0.489 bits per heavy atom. The summed E-state index contributed by atoms with van der Waals surface area (Å²) in [5.74, 6) is 0.905. The second-order valence-electron chi connectivity index (χ2n) is 16.3. The van der Waals surface area contributed by atoms with Gasteiger partial charge in [-0.25, -0.2) is 0 Å². The largest absolute Gasteiger partial charge is 0.306 e. The molecule has 4 atom stereocenters. The molecule has 0 bridgehead atoms. The third-order valence-electron chi connectivity index (χ3n) is 13.1. The molecule has 0 amide bonds. The average molecular weight is 766 g/mol. The third-order valence-corrected chi connectivity index (χ3v) is 20.7. The van der Waals surface area contributed by atoms with E-state index in [9.17, 15) is 0 Å². The van der Waals surface area contributed by atoms with Crippen molar-refractivity contribution in [3.8, 4) is 0 Å². The predicted molar refractivity (Wildman–Crippen MR) is 206 cm³/mol. The van der Waals surface area contributed by atoms with E-state index in [-0.39, 0.29) is 42.1 Å². The maximum atomic E-state index is 2.45. The van der Waals surface area contributed by atoms with E-state index in [1.54, 1.807) is 82.4 Å². The van der Waals surface area contributed by atoms with Crippen molar-refractivity contribution < 1.29 is 34.1 Å². The van der Waals surface area contributed by atoms with Gasteiger partial charge < -0.3 is 4.90 Å². The molecule has 0 heterocycles. The zero-order chi connectivity index (χ0) is 31.3. The van der Waals surface area contributed by atoms with Crippen LogP contribution < -0.4 is 5.30 Å². The molecule has 6 aliphatic carbocycles. The van der Waals surface area contributed by atoms with Crippen LogP contribution in [0, 0.1) is 5.92 Å². The monoisotopic (exact) mass is 765 g/mol. The van der Waals surface area contributed by atoms with Crippen LogP contribution in [0.2, 0.25) is 0 Å². The van der Waals surface area contributed by atoms with Crippen molar-refractivity contribution in [3.63, 3.8) is 0 Å².